The Balaban J connectivity index is 1.97. The highest BCUT2D eigenvalue weighted by molar-refractivity contribution is 5.58. The van der Waals surface area contributed by atoms with E-state index in [-0.39, 0.29) is 5.41 Å². The third-order valence-electron chi connectivity index (χ3n) is 10.3. The lowest BCUT2D eigenvalue weighted by Crippen LogP contribution is -2.27. The Morgan fingerprint density at radius 3 is 1.22 bits per heavy atom. The van der Waals surface area contributed by atoms with Gasteiger partial charge >= 0.3 is 0 Å². The number of benzene rings is 4. The molecule has 4 nitrogen and oxygen atoms in total. The number of hydrogen-bond donors (Lipinski definition) is 2. The molecule has 0 heterocycles. The molecular weight excluding hydrogens is 568 g/mol. The second kappa shape index (κ2) is 14.4. The molecule has 0 atom stereocenters. The van der Waals surface area contributed by atoms with Crippen LogP contribution in [-0.4, -0.2) is 24.4 Å². The van der Waals surface area contributed by atoms with Gasteiger partial charge in [-0.05, 0) is 107 Å². The van der Waals surface area contributed by atoms with E-state index in [2.05, 4.69) is 116 Å². The molecule has 0 aliphatic carbocycles. The Kier molecular flexibility index (Phi) is 11.1. The lowest BCUT2D eigenvalue weighted by Gasteiger charge is -2.35. The highest BCUT2D eigenvalue weighted by Gasteiger charge is 2.35. The summed E-state index contributed by atoms with van der Waals surface area (Å²) in [6.07, 6.45) is 3.44. The highest BCUT2D eigenvalue weighted by atomic mass is 16.5. The average Bonchev–Trinajstić information content (AvgIpc) is 3.06. The van der Waals surface area contributed by atoms with E-state index >= 15 is 0 Å². The monoisotopic (exact) mass is 622 g/mol. The first-order chi connectivity index (χ1) is 21.9. The molecule has 46 heavy (non-hydrogen) atoms. The van der Waals surface area contributed by atoms with Crippen LogP contribution in [0.15, 0.2) is 60.7 Å². The predicted molar refractivity (Wildman–Crippen MR) is 190 cm³/mol. The molecule has 0 radical (unpaired) electrons. The summed E-state index contributed by atoms with van der Waals surface area (Å²) in [5.41, 5.74) is 12.6. The van der Waals surface area contributed by atoms with E-state index in [0.29, 0.717) is 37.6 Å². The van der Waals surface area contributed by atoms with Crippen molar-refractivity contribution < 1.29 is 19.7 Å². The van der Waals surface area contributed by atoms with E-state index in [0.717, 1.165) is 51.8 Å². The number of phenols is 2. The van der Waals surface area contributed by atoms with Crippen molar-refractivity contribution in [1.82, 2.24) is 0 Å². The van der Waals surface area contributed by atoms with Gasteiger partial charge in [-0.1, -0.05) is 90.1 Å². The highest BCUT2D eigenvalue weighted by Crippen LogP contribution is 2.45. The van der Waals surface area contributed by atoms with Gasteiger partial charge in [0.15, 0.2) is 0 Å². The van der Waals surface area contributed by atoms with Crippen molar-refractivity contribution in [3.8, 4) is 11.5 Å². The molecule has 246 valence electrons. The van der Waals surface area contributed by atoms with Crippen LogP contribution >= 0.6 is 0 Å². The largest absolute Gasteiger partial charge is 0.507 e. The number of rotatable bonds is 13. The molecular formula is C42H54O4. The summed E-state index contributed by atoms with van der Waals surface area (Å²) in [6, 6.07) is 22.3. The summed E-state index contributed by atoms with van der Waals surface area (Å²) in [6.45, 7) is 18.4. The molecule has 0 unspecified atom stereocenters. The molecule has 4 rings (SSSR count). The van der Waals surface area contributed by atoms with E-state index in [4.69, 9.17) is 9.47 Å². The van der Waals surface area contributed by atoms with Crippen molar-refractivity contribution in [3.63, 3.8) is 0 Å². The molecule has 0 saturated heterocycles. The fourth-order valence-electron chi connectivity index (χ4n) is 6.99. The van der Waals surface area contributed by atoms with Crippen LogP contribution in [0.1, 0.15) is 115 Å². The van der Waals surface area contributed by atoms with Crippen LogP contribution in [0.3, 0.4) is 0 Å². The van der Waals surface area contributed by atoms with Gasteiger partial charge in [-0.15, -0.1) is 0 Å². The quantitative estimate of drug-likeness (QED) is 0.146. The SMILES string of the molecule is CCc1cc(C(C)(C)c2ccc(C(C)(c3cc(CC)c(O)c(COC)c3)c3cc(CC)c(O)c(COC)c3)cc2)cc(CC)c1C. The van der Waals surface area contributed by atoms with Crippen LogP contribution in [0.4, 0.5) is 0 Å². The van der Waals surface area contributed by atoms with E-state index in [1.54, 1.807) is 14.2 Å². The van der Waals surface area contributed by atoms with Crippen molar-refractivity contribution in [1.29, 1.82) is 0 Å². The van der Waals surface area contributed by atoms with Gasteiger partial charge < -0.3 is 19.7 Å². The van der Waals surface area contributed by atoms with Crippen LogP contribution in [0.2, 0.25) is 0 Å². The summed E-state index contributed by atoms with van der Waals surface area (Å²) < 4.78 is 11.0. The predicted octanol–water partition coefficient (Wildman–Crippen LogP) is 9.63. The second-order valence-electron chi connectivity index (χ2n) is 13.3. The van der Waals surface area contributed by atoms with Crippen LogP contribution in [0.5, 0.6) is 11.5 Å². The summed E-state index contributed by atoms with van der Waals surface area (Å²) in [7, 11) is 3.31. The van der Waals surface area contributed by atoms with E-state index in [9.17, 15) is 10.2 Å². The van der Waals surface area contributed by atoms with Gasteiger partial charge in [0.2, 0.25) is 0 Å². The lowest BCUT2D eigenvalue weighted by atomic mass is 9.68. The summed E-state index contributed by atoms with van der Waals surface area (Å²) >= 11 is 0. The van der Waals surface area contributed by atoms with Gasteiger partial charge in [0.1, 0.15) is 11.5 Å². The van der Waals surface area contributed by atoms with Crippen molar-refractivity contribution >= 4 is 0 Å². The van der Waals surface area contributed by atoms with Gasteiger partial charge in [-0.25, -0.2) is 0 Å². The maximum absolute atomic E-state index is 11.1. The zero-order valence-corrected chi connectivity index (χ0v) is 29.7. The van der Waals surface area contributed by atoms with Crippen molar-refractivity contribution in [2.45, 2.75) is 105 Å². The van der Waals surface area contributed by atoms with E-state index < -0.39 is 5.41 Å². The molecule has 0 aliphatic rings. The lowest BCUT2D eigenvalue weighted by molar-refractivity contribution is 0.181. The fourth-order valence-corrected chi connectivity index (χ4v) is 6.99. The Bertz CT molecular complexity index is 1570. The fraction of sp³-hybridized carbons (Fsp3) is 0.429. The zero-order valence-electron chi connectivity index (χ0n) is 29.7. The van der Waals surface area contributed by atoms with Crippen molar-refractivity contribution in [3.05, 3.63) is 127 Å². The van der Waals surface area contributed by atoms with Crippen molar-refractivity contribution in [2.24, 2.45) is 0 Å². The first kappa shape index (κ1) is 35.3. The normalized spacial score (nSPS) is 12.1. The third-order valence-corrected chi connectivity index (χ3v) is 10.3. The standard InChI is InChI=1S/C42H54O4/c1-11-28-19-36(20-29(12-2)27(28)5)41(6,7)34-15-17-35(18-16-34)42(8,37-21-30(13-3)39(43)32(23-37)25-45-9)38-22-31(14-4)40(44)33(24-38)26-46-10/h15-24,43-44H,11-14,25-26H2,1-10H3. The molecule has 4 aromatic carbocycles. The van der Waals surface area contributed by atoms with Gasteiger partial charge in [-0.3, -0.25) is 0 Å². The van der Waals surface area contributed by atoms with Crippen LogP contribution in [0.25, 0.3) is 0 Å². The maximum atomic E-state index is 11.1. The number of ether oxygens (including phenoxy) is 2. The molecule has 0 aliphatic heterocycles. The minimum Gasteiger partial charge on any atom is -0.507 e. The van der Waals surface area contributed by atoms with E-state index in [1.165, 1.54) is 27.8 Å². The third kappa shape index (κ3) is 6.48. The molecule has 0 spiro atoms. The Morgan fingerprint density at radius 1 is 0.500 bits per heavy atom. The summed E-state index contributed by atoms with van der Waals surface area (Å²) in [4.78, 5) is 0. The van der Waals surface area contributed by atoms with Gasteiger partial charge in [0.05, 0.1) is 13.2 Å². The molecule has 0 saturated carbocycles. The molecule has 0 fully saturated rings. The molecule has 0 amide bonds. The smallest absolute Gasteiger partial charge is 0.124 e. The Hall–Kier alpha value is -3.60. The molecule has 4 heteroatoms. The van der Waals surface area contributed by atoms with Gasteiger partial charge in [0.25, 0.3) is 0 Å². The van der Waals surface area contributed by atoms with Gasteiger partial charge in [0, 0.05) is 36.2 Å². The number of methoxy groups -OCH3 is 2. The summed E-state index contributed by atoms with van der Waals surface area (Å²) in [5.74, 6) is 0.590. The number of aryl methyl sites for hydroxylation is 4. The Labute approximate surface area is 277 Å². The molecule has 4 aromatic rings. The van der Waals surface area contributed by atoms with Crippen molar-refractivity contribution in [2.75, 3.05) is 14.2 Å². The van der Waals surface area contributed by atoms with Crippen LogP contribution in [0, 0.1) is 6.92 Å². The number of aromatic hydroxyl groups is 2. The second-order valence-corrected chi connectivity index (χ2v) is 13.3. The first-order valence-electron chi connectivity index (χ1n) is 16.8. The average molecular weight is 623 g/mol. The van der Waals surface area contributed by atoms with Crippen LogP contribution < -0.4 is 0 Å². The number of phenolic OH excluding ortho intramolecular Hbond substituents is 2. The minimum absolute atomic E-state index is 0.185. The Morgan fingerprint density at radius 2 is 0.848 bits per heavy atom. The molecule has 2 N–H and O–H groups in total. The van der Waals surface area contributed by atoms with Gasteiger partial charge in [-0.2, -0.15) is 0 Å². The molecule has 0 aromatic heterocycles. The summed E-state index contributed by atoms with van der Waals surface area (Å²) in [5, 5.41) is 22.2. The van der Waals surface area contributed by atoms with Crippen LogP contribution in [-0.2, 0) is 59.2 Å². The topological polar surface area (TPSA) is 58.9 Å². The first-order valence-corrected chi connectivity index (χ1v) is 16.8. The number of hydrogen-bond acceptors (Lipinski definition) is 4. The van der Waals surface area contributed by atoms with E-state index in [1.807, 2.05) is 0 Å². The maximum Gasteiger partial charge on any atom is 0.124 e. The molecule has 0 bridgehead atoms. The minimum atomic E-state index is -0.600. The zero-order chi connectivity index (χ0) is 33.8.